The largest absolute Gasteiger partial charge is 0.350 e. The van der Waals surface area contributed by atoms with Crippen LogP contribution in [0.25, 0.3) is 0 Å². The number of amides is 1. The van der Waals surface area contributed by atoms with Gasteiger partial charge >= 0.3 is 0 Å². The fraction of sp³-hybridized carbons (Fsp3) is 0.889. The standard InChI is InChI=1S/C9H16N2O/c10-6-7-1-3-9(4-2-7)5-8(12)11-9/h7H,1-6,10H2,(H,11,12). The molecule has 0 bridgehead atoms. The van der Waals surface area contributed by atoms with Crippen LogP contribution in [0.3, 0.4) is 0 Å². The molecule has 1 heterocycles. The average Bonchev–Trinajstić information content (AvgIpc) is 2.04. The Bertz CT molecular complexity index is 185. The second-order valence-corrected chi connectivity index (χ2v) is 4.18. The average molecular weight is 168 g/mol. The third kappa shape index (κ3) is 1.22. The number of hydrogen-bond donors (Lipinski definition) is 2. The zero-order valence-electron chi connectivity index (χ0n) is 7.31. The highest BCUT2D eigenvalue weighted by atomic mass is 16.2. The number of carbonyl (C=O) groups is 1. The third-order valence-electron chi connectivity index (χ3n) is 3.30. The van der Waals surface area contributed by atoms with Crippen molar-refractivity contribution in [3.63, 3.8) is 0 Å². The van der Waals surface area contributed by atoms with Crippen LogP contribution in [0.1, 0.15) is 32.1 Å². The molecule has 0 aromatic heterocycles. The first-order valence-corrected chi connectivity index (χ1v) is 4.75. The van der Waals surface area contributed by atoms with E-state index in [0.717, 1.165) is 25.8 Å². The normalized spacial score (nSPS) is 40.8. The van der Waals surface area contributed by atoms with Crippen LogP contribution in [0, 0.1) is 5.92 Å². The maximum atomic E-state index is 10.8. The predicted octanol–water partition coefficient (Wildman–Crippen LogP) is 0.394. The topological polar surface area (TPSA) is 55.1 Å². The van der Waals surface area contributed by atoms with Crippen molar-refractivity contribution >= 4 is 5.91 Å². The fourth-order valence-electron chi connectivity index (χ4n) is 2.35. The van der Waals surface area contributed by atoms with Crippen LogP contribution in [0.15, 0.2) is 0 Å². The Morgan fingerprint density at radius 3 is 2.50 bits per heavy atom. The molecule has 2 fully saturated rings. The summed E-state index contributed by atoms with van der Waals surface area (Å²) in [7, 11) is 0. The summed E-state index contributed by atoms with van der Waals surface area (Å²) in [6.07, 6.45) is 5.42. The van der Waals surface area contributed by atoms with E-state index in [1.165, 1.54) is 12.8 Å². The van der Waals surface area contributed by atoms with Crippen LogP contribution in [0.4, 0.5) is 0 Å². The van der Waals surface area contributed by atoms with Crippen LogP contribution in [-0.4, -0.2) is 18.0 Å². The molecule has 1 aliphatic heterocycles. The number of β-lactam (4-membered cyclic amide) rings is 1. The lowest BCUT2D eigenvalue weighted by Crippen LogP contribution is -2.62. The van der Waals surface area contributed by atoms with E-state index in [1.54, 1.807) is 0 Å². The van der Waals surface area contributed by atoms with Crippen molar-refractivity contribution in [1.29, 1.82) is 0 Å². The molecule has 2 aliphatic rings. The number of carbonyl (C=O) groups excluding carboxylic acids is 1. The predicted molar refractivity (Wildman–Crippen MR) is 46.5 cm³/mol. The summed E-state index contributed by atoms with van der Waals surface area (Å²) < 4.78 is 0. The second kappa shape index (κ2) is 2.73. The van der Waals surface area contributed by atoms with Gasteiger partial charge in [0, 0.05) is 12.0 Å². The zero-order valence-corrected chi connectivity index (χ0v) is 7.31. The molecule has 2 rings (SSSR count). The minimum absolute atomic E-state index is 0.197. The third-order valence-corrected chi connectivity index (χ3v) is 3.30. The molecule has 1 aliphatic carbocycles. The van der Waals surface area contributed by atoms with Crippen molar-refractivity contribution in [3.05, 3.63) is 0 Å². The summed E-state index contributed by atoms with van der Waals surface area (Å²) in [6, 6.07) is 0. The molecule has 0 unspecified atom stereocenters. The molecular weight excluding hydrogens is 152 g/mol. The van der Waals surface area contributed by atoms with Gasteiger partial charge < -0.3 is 11.1 Å². The monoisotopic (exact) mass is 168 g/mol. The molecule has 1 saturated carbocycles. The number of rotatable bonds is 1. The molecule has 1 amide bonds. The lowest BCUT2D eigenvalue weighted by molar-refractivity contribution is -0.134. The van der Waals surface area contributed by atoms with E-state index in [9.17, 15) is 4.79 Å². The Morgan fingerprint density at radius 2 is 2.08 bits per heavy atom. The van der Waals surface area contributed by atoms with Crippen molar-refractivity contribution < 1.29 is 4.79 Å². The molecule has 1 saturated heterocycles. The van der Waals surface area contributed by atoms with Gasteiger partial charge in [-0.3, -0.25) is 4.79 Å². The van der Waals surface area contributed by atoms with E-state index in [-0.39, 0.29) is 11.4 Å². The highest BCUT2D eigenvalue weighted by Crippen LogP contribution is 2.38. The molecule has 0 aromatic carbocycles. The molecule has 0 atom stereocenters. The van der Waals surface area contributed by atoms with Crippen LogP contribution >= 0.6 is 0 Å². The summed E-state index contributed by atoms with van der Waals surface area (Å²) in [4.78, 5) is 10.8. The lowest BCUT2D eigenvalue weighted by atomic mass is 9.71. The first-order valence-electron chi connectivity index (χ1n) is 4.75. The molecule has 0 radical (unpaired) electrons. The molecule has 0 aromatic rings. The Morgan fingerprint density at radius 1 is 1.50 bits per heavy atom. The van der Waals surface area contributed by atoms with Crippen LogP contribution in [0.2, 0.25) is 0 Å². The van der Waals surface area contributed by atoms with Gasteiger partial charge in [0.15, 0.2) is 0 Å². The van der Waals surface area contributed by atoms with Gasteiger partial charge in [0.2, 0.25) is 5.91 Å². The summed E-state index contributed by atoms with van der Waals surface area (Å²) in [5.41, 5.74) is 5.79. The smallest absolute Gasteiger partial charge is 0.222 e. The minimum atomic E-state index is 0.197. The maximum Gasteiger partial charge on any atom is 0.222 e. The molecule has 68 valence electrons. The first-order chi connectivity index (χ1) is 5.74. The van der Waals surface area contributed by atoms with Crippen molar-refractivity contribution in [3.8, 4) is 0 Å². The SMILES string of the molecule is NCC1CCC2(CC1)CC(=O)N2. The molecule has 1 spiro atoms. The van der Waals surface area contributed by atoms with E-state index >= 15 is 0 Å². The molecule has 3 heteroatoms. The van der Waals surface area contributed by atoms with Gasteiger partial charge in [-0.05, 0) is 38.1 Å². The van der Waals surface area contributed by atoms with Crippen LogP contribution in [0.5, 0.6) is 0 Å². The highest BCUT2D eigenvalue weighted by Gasteiger charge is 2.44. The van der Waals surface area contributed by atoms with E-state index in [4.69, 9.17) is 5.73 Å². The van der Waals surface area contributed by atoms with Crippen molar-refractivity contribution in [2.45, 2.75) is 37.6 Å². The van der Waals surface area contributed by atoms with Gasteiger partial charge in [-0.25, -0.2) is 0 Å². The Balaban J connectivity index is 1.86. The summed E-state index contributed by atoms with van der Waals surface area (Å²) in [5, 5.41) is 3.02. The lowest BCUT2D eigenvalue weighted by Gasteiger charge is -2.46. The van der Waals surface area contributed by atoms with Crippen molar-refractivity contribution in [2.75, 3.05) is 6.54 Å². The molecular formula is C9H16N2O. The number of nitrogens with one attached hydrogen (secondary N) is 1. The van der Waals surface area contributed by atoms with Gasteiger partial charge in [-0.2, -0.15) is 0 Å². The minimum Gasteiger partial charge on any atom is -0.350 e. The van der Waals surface area contributed by atoms with E-state index < -0.39 is 0 Å². The first kappa shape index (κ1) is 8.05. The van der Waals surface area contributed by atoms with Crippen LogP contribution in [-0.2, 0) is 4.79 Å². The number of hydrogen-bond acceptors (Lipinski definition) is 2. The highest BCUT2D eigenvalue weighted by molar-refractivity contribution is 5.84. The summed E-state index contributed by atoms with van der Waals surface area (Å²) >= 11 is 0. The van der Waals surface area contributed by atoms with Gasteiger partial charge in [0.25, 0.3) is 0 Å². The van der Waals surface area contributed by atoms with E-state index in [1.807, 2.05) is 0 Å². The van der Waals surface area contributed by atoms with Gasteiger partial charge in [-0.1, -0.05) is 0 Å². The molecule has 12 heavy (non-hydrogen) atoms. The quantitative estimate of drug-likeness (QED) is 0.557. The summed E-state index contributed by atoms with van der Waals surface area (Å²) in [6.45, 7) is 0.810. The second-order valence-electron chi connectivity index (χ2n) is 4.18. The maximum absolute atomic E-state index is 10.8. The van der Waals surface area contributed by atoms with E-state index in [0.29, 0.717) is 5.92 Å². The summed E-state index contributed by atoms with van der Waals surface area (Å²) in [5.74, 6) is 0.925. The van der Waals surface area contributed by atoms with Crippen molar-refractivity contribution in [2.24, 2.45) is 11.7 Å². The Labute approximate surface area is 72.7 Å². The van der Waals surface area contributed by atoms with Crippen LogP contribution < -0.4 is 11.1 Å². The fourth-order valence-corrected chi connectivity index (χ4v) is 2.35. The Kier molecular flexibility index (Phi) is 1.83. The van der Waals surface area contributed by atoms with Gasteiger partial charge in [0.05, 0.1) is 0 Å². The van der Waals surface area contributed by atoms with Gasteiger partial charge in [0.1, 0.15) is 0 Å². The molecule has 3 N–H and O–H groups in total. The van der Waals surface area contributed by atoms with Crippen molar-refractivity contribution in [1.82, 2.24) is 5.32 Å². The molecule has 3 nitrogen and oxygen atoms in total. The zero-order chi connectivity index (χ0) is 8.60. The Hall–Kier alpha value is -0.570. The number of nitrogens with two attached hydrogens (primary N) is 1. The van der Waals surface area contributed by atoms with E-state index in [2.05, 4.69) is 5.32 Å². The van der Waals surface area contributed by atoms with Gasteiger partial charge in [-0.15, -0.1) is 0 Å².